The van der Waals surface area contributed by atoms with Crippen LogP contribution in [0.2, 0.25) is 0 Å². The number of hydrogen-bond acceptors (Lipinski definition) is 3. The molecule has 1 heterocycles. The van der Waals surface area contributed by atoms with E-state index < -0.39 is 0 Å². The Labute approximate surface area is 141 Å². The first-order valence-electron chi connectivity index (χ1n) is 8.35. The van der Waals surface area contributed by atoms with Crippen molar-refractivity contribution in [3.05, 3.63) is 54.3 Å². The molecule has 1 saturated heterocycles. The minimum Gasteiger partial charge on any atom is -0.382 e. The molecule has 4 nitrogen and oxygen atoms in total. The van der Waals surface area contributed by atoms with Crippen LogP contribution in [0.3, 0.4) is 0 Å². The number of hydrogen-bond donors (Lipinski definition) is 2. The van der Waals surface area contributed by atoms with E-state index in [1.165, 1.54) is 24.6 Å². The van der Waals surface area contributed by atoms with Crippen molar-refractivity contribution in [3.8, 4) is 0 Å². The van der Waals surface area contributed by atoms with E-state index in [0.717, 1.165) is 18.8 Å². The molecule has 1 amide bonds. The van der Waals surface area contributed by atoms with Crippen LogP contribution in [0.25, 0.3) is 0 Å². The van der Waals surface area contributed by atoms with Gasteiger partial charge in [0, 0.05) is 37.4 Å². The molecular formula is C19H22FN3O. The second kappa shape index (κ2) is 7.81. The maximum atomic E-state index is 13.5. The molecule has 24 heavy (non-hydrogen) atoms. The molecule has 2 N–H and O–H groups in total. The summed E-state index contributed by atoms with van der Waals surface area (Å²) in [6.45, 7) is 2.60. The molecule has 3 rings (SSSR count). The fraction of sp³-hybridized carbons (Fsp3) is 0.316. The molecule has 0 aliphatic carbocycles. The average Bonchev–Trinajstić information content (AvgIpc) is 3.12. The Kier molecular flexibility index (Phi) is 5.31. The van der Waals surface area contributed by atoms with Gasteiger partial charge < -0.3 is 15.5 Å². The number of rotatable bonds is 6. The Hall–Kier alpha value is -2.56. The van der Waals surface area contributed by atoms with E-state index in [0.29, 0.717) is 12.2 Å². The van der Waals surface area contributed by atoms with E-state index in [9.17, 15) is 9.18 Å². The minimum atomic E-state index is -0.310. The number of amides is 1. The predicted molar refractivity (Wildman–Crippen MR) is 96.0 cm³/mol. The summed E-state index contributed by atoms with van der Waals surface area (Å²) in [4.78, 5) is 14.3. The van der Waals surface area contributed by atoms with Crippen LogP contribution < -0.4 is 15.5 Å². The van der Waals surface area contributed by atoms with E-state index >= 15 is 0 Å². The molecule has 126 valence electrons. The highest BCUT2D eigenvalue weighted by Gasteiger charge is 2.12. The van der Waals surface area contributed by atoms with Crippen LogP contribution in [0, 0.1) is 5.82 Å². The number of nitrogens with one attached hydrogen (secondary N) is 2. The molecule has 5 heteroatoms. The highest BCUT2D eigenvalue weighted by molar-refractivity contribution is 5.91. The van der Waals surface area contributed by atoms with Crippen LogP contribution in [0.5, 0.6) is 0 Å². The molecule has 0 unspecified atom stereocenters. The van der Waals surface area contributed by atoms with Gasteiger partial charge in [-0.15, -0.1) is 0 Å². The van der Waals surface area contributed by atoms with Crippen molar-refractivity contribution < 1.29 is 9.18 Å². The summed E-state index contributed by atoms with van der Waals surface area (Å²) in [7, 11) is 0. The van der Waals surface area contributed by atoms with Crippen LogP contribution in [0.1, 0.15) is 19.3 Å². The van der Waals surface area contributed by atoms with Crippen LogP contribution >= 0.6 is 0 Å². The van der Waals surface area contributed by atoms with Crippen molar-refractivity contribution in [3.63, 3.8) is 0 Å². The van der Waals surface area contributed by atoms with E-state index in [1.807, 2.05) is 24.3 Å². The van der Waals surface area contributed by atoms with Gasteiger partial charge in [-0.25, -0.2) is 4.39 Å². The van der Waals surface area contributed by atoms with Gasteiger partial charge in [-0.3, -0.25) is 4.79 Å². The predicted octanol–water partition coefficient (Wildman–Crippen LogP) is 3.87. The Balaban J connectivity index is 1.45. The lowest BCUT2D eigenvalue weighted by Crippen LogP contribution is -2.18. The highest BCUT2D eigenvalue weighted by Crippen LogP contribution is 2.22. The molecule has 2 aromatic carbocycles. The summed E-state index contributed by atoms with van der Waals surface area (Å²) in [5.74, 6) is -0.400. The second-order valence-corrected chi connectivity index (χ2v) is 5.95. The number of para-hydroxylation sites is 1. The van der Waals surface area contributed by atoms with Gasteiger partial charge in [-0.1, -0.05) is 12.1 Å². The van der Waals surface area contributed by atoms with Gasteiger partial charge in [0.05, 0.1) is 5.69 Å². The maximum Gasteiger partial charge on any atom is 0.226 e. The number of carbonyl (C=O) groups is 1. The number of halogens is 1. The Morgan fingerprint density at radius 1 is 1.04 bits per heavy atom. The summed E-state index contributed by atoms with van der Waals surface area (Å²) in [5.41, 5.74) is 2.40. The summed E-state index contributed by atoms with van der Waals surface area (Å²) in [5, 5.41) is 5.80. The summed E-state index contributed by atoms with van der Waals surface area (Å²) in [6.07, 6.45) is 2.77. The normalized spacial score (nSPS) is 13.8. The first kappa shape index (κ1) is 16.3. The molecule has 0 aromatic heterocycles. The van der Waals surface area contributed by atoms with Crippen LogP contribution in [-0.4, -0.2) is 25.5 Å². The lowest BCUT2D eigenvalue weighted by molar-refractivity contribution is -0.115. The zero-order valence-electron chi connectivity index (χ0n) is 13.6. The third-order valence-corrected chi connectivity index (χ3v) is 4.16. The summed E-state index contributed by atoms with van der Waals surface area (Å²) < 4.78 is 13.5. The summed E-state index contributed by atoms with van der Waals surface area (Å²) in [6, 6.07) is 14.4. The zero-order valence-corrected chi connectivity index (χ0v) is 13.6. The van der Waals surface area contributed by atoms with Gasteiger partial charge >= 0.3 is 0 Å². The van der Waals surface area contributed by atoms with Crippen molar-refractivity contribution in [1.82, 2.24) is 0 Å². The Bertz CT molecular complexity index is 681. The van der Waals surface area contributed by atoms with Gasteiger partial charge in [0.2, 0.25) is 5.91 Å². The number of carbonyl (C=O) groups excluding carboxylic acids is 1. The molecular weight excluding hydrogens is 305 g/mol. The van der Waals surface area contributed by atoms with Crippen LogP contribution in [0.4, 0.5) is 21.5 Å². The van der Waals surface area contributed by atoms with Crippen molar-refractivity contribution in [2.24, 2.45) is 0 Å². The highest BCUT2D eigenvalue weighted by atomic mass is 19.1. The Morgan fingerprint density at radius 2 is 1.75 bits per heavy atom. The molecule has 0 radical (unpaired) electrons. The monoisotopic (exact) mass is 327 g/mol. The van der Waals surface area contributed by atoms with Gasteiger partial charge in [-0.05, 0) is 49.2 Å². The topological polar surface area (TPSA) is 44.4 Å². The van der Waals surface area contributed by atoms with E-state index in [1.54, 1.807) is 18.2 Å². The molecule has 1 aliphatic rings. The third-order valence-electron chi connectivity index (χ3n) is 4.16. The van der Waals surface area contributed by atoms with Gasteiger partial charge in [0.25, 0.3) is 0 Å². The largest absolute Gasteiger partial charge is 0.382 e. The van der Waals surface area contributed by atoms with Crippen molar-refractivity contribution in [2.45, 2.75) is 19.3 Å². The molecule has 0 bridgehead atoms. The second-order valence-electron chi connectivity index (χ2n) is 5.95. The molecule has 2 aromatic rings. The number of benzene rings is 2. The van der Waals surface area contributed by atoms with E-state index in [2.05, 4.69) is 15.5 Å². The Morgan fingerprint density at radius 3 is 2.46 bits per heavy atom. The van der Waals surface area contributed by atoms with E-state index in [4.69, 9.17) is 0 Å². The standard InChI is InChI=1S/C19H22FN3O/c20-17-5-1-2-6-18(17)21-12-11-19(24)22-15-7-9-16(10-8-15)23-13-3-4-14-23/h1-2,5-10,21H,3-4,11-14H2,(H,22,24). The molecule has 1 fully saturated rings. The van der Waals surface area contributed by atoms with Gasteiger partial charge in [0.15, 0.2) is 0 Å². The fourth-order valence-electron chi connectivity index (χ4n) is 2.87. The van der Waals surface area contributed by atoms with E-state index in [-0.39, 0.29) is 18.1 Å². The first-order valence-corrected chi connectivity index (χ1v) is 8.35. The van der Waals surface area contributed by atoms with Gasteiger partial charge in [-0.2, -0.15) is 0 Å². The molecule has 0 atom stereocenters. The number of anilines is 3. The smallest absolute Gasteiger partial charge is 0.226 e. The SMILES string of the molecule is O=C(CCNc1ccccc1F)Nc1ccc(N2CCCC2)cc1. The maximum absolute atomic E-state index is 13.5. The molecule has 0 spiro atoms. The average molecular weight is 327 g/mol. The molecule has 1 aliphatic heterocycles. The lowest BCUT2D eigenvalue weighted by atomic mass is 10.2. The van der Waals surface area contributed by atoms with Crippen molar-refractivity contribution in [1.29, 1.82) is 0 Å². The van der Waals surface area contributed by atoms with Crippen LogP contribution in [-0.2, 0) is 4.79 Å². The summed E-state index contributed by atoms with van der Waals surface area (Å²) >= 11 is 0. The van der Waals surface area contributed by atoms with Crippen LogP contribution in [0.15, 0.2) is 48.5 Å². The molecule has 0 saturated carbocycles. The first-order chi connectivity index (χ1) is 11.7. The lowest BCUT2D eigenvalue weighted by Gasteiger charge is -2.17. The third kappa shape index (κ3) is 4.25. The van der Waals surface area contributed by atoms with Crippen molar-refractivity contribution in [2.75, 3.05) is 35.2 Å². The minimum absolute atomic E-state index is 0.0900. The quantitative estimate of drug-likeness (QED) is 0.846. The zero-order chi connectivity index (χ0) is 16.8. The van der Waals surface area contributed by atoms with Crippen molar-refractivity contribution >= 4 is 23.0 Å². The number of nitrogens with zero attached hydrogens (tertiary/aromatic N) is 1. The van der Waals surface area contributed by atoms with Gasteiger partial charge in [0.1, 0.15) is 5.82 Å². The fourth-order valence-corrected chi connectivity index (χ4v) is 2.87.